The maximum Gasteiger partial charge on any atom is 0.335 e. The first kappa shape index (κ1) is 23.8. The summed E-state index contributed by atoms with van der Waals surface area (Å²) in [5, 5.41) is 10.8. The van der Waals surface area contributed by atoms with Crippen molar-refractivity contribution in [1.29, 1.82) is 0 Å². The van der Waals surface area contributed by atoms with Crippen LogP contribution in [0, 0.1) is 5.82 Å². The van der Waals surface area contributed by atoms with E-state index < -0.39 is 7.60 Å². The molecule has 10 heteroatoms. The van der Waals surface area contributed by atoms with Crippen molar-refractivity contribution in [2.45, 2.75) is 32.9 Å². The molecule has 1 amide bonds. The van der Waals surface area contributed by atoms with Crippen molar-refractivity contribution in [2.24, 2.45) is 0 Å². The van der Waals surface area contributed by atoms with E-state index in [0.717, 1.165) is 11.3 Å². The number of carbonyl (C=O) groups excluding carboxylic acids is 1. The zero-order valence-electron chi connectivity index (χ0n) is 18.0. The second kappa shape index (κ2) is 11.1. The highest BCUT2D eigenvalue weighted by Gasteiger charge is 2.23. The second-order valence-electron chi connectivity index (χ2n) is 6.94. The molecule has 1 N–H and O–H groups in total. The van der Waals surface area contributed by atoms with Gasteiger partial charge in [-0.05, 0) is 55.8 Å². The van der Waals surface area contributed by atoms with Gasteiger partial charge in [0.2, 0.25) is 5.91 Å². The van der Waals surface area contributed by atoms with Crippen LogP contribution in [0.5, 0.6) is 0 Å². The zero-order valence-corrected chi connectivity index (χ0v) is 18.9. The van der Waals surface area contributed by atoms with Gasteiger partial charge in [0.1, 0.15) is 18.0 Å². The van der Waals surface area contributed by atoms with Crippen LogP contribution < -0.4 is 5.32 Å². The molecule has 1 heterocycles. The summed E-state index contributed by atoms with van der Waals surface area (Å²) < 4.78 is 38.1. The summed E-state index contributed by atoms with van der Waals surface area (Å²) in [4.78, 5) is 12.4. The van der Waals surface area contributed by atoms with Crippen molar-refractivity contribution in [1.82, 2.24) is 14.8 Å². The van der Waals surface area contributed by atoms with Gasteiger partial charge in [-0.25, -0.2) is 4.39 Å². The Bertz CT molecular complexity index is 1060. The molecule has 3 rings (SSSR count). The highest BCUT2D eigenvalue weighted by Crippen LogP contribution is 2.51. The van der Waals surface area contributed by atoms with Crippen molar-refractivity contribution in [3.05, 3.63) is 72.1 Å². The van der Waals surface area contributed by atoms with Crippen LogP contribution in [0.3, 0.4) is 0 Å². The summed E-state index contributed by atoms with van der Waals surface area (Å²) in [6.07, 6.45) is 2.27. The monoisotopic (exact) mass is 460 g/mol. The molecule has 0 aliphatic rings. The topological polar surface area (TPSA) is 95.3 Å². The molecule has 8 nitrogen and oxygen atoms in total. The smallest absolute Gasteiger partial charge is 0.326 e. The molecule has 170 valence electrons. The molecule has 0 aliphatic heterocycles. The number of aryl methyl sites for hydroxylation is 1. The molecule has 0 radical (unpaired) electrons. The fraction of sp³-hybridized carbons (Fsp3) is 0.318. The molecular formula is C22H26FN4O4P. The Morgan fingerprint density at radius 2 is 1.72 bits per heavy atom. The summed E-state index contributed by atoms with van der Waals surface area (Å²) in [6.45, 7) is 4.15. The van der Waals surface area contributed by atoms with Gasteiger partial charge in [0.25, 0.3) is 0 Å². The Morgan fingerprint density at radius 3 is 2.34 bits per heavy atom. The van der Waals surface area contributed by atoms with E-state index in [1.165, 1.54) is 18.5 Å². The predicted octanol–water partition coefficient (Wildman–Crippen LogP) is 4.74. The normalized spacial score (nSPS) is 11.5. The number of amides is 1. The number of carbonyl (C=O) groups is 1. The lowest BCUT2D eigenvalue weighted by molar-refractivity contribution is -0.116. The number of halogens is 1. The average Bonchev–Trinajstić information content (AvgIpc) is 3.23. The largest absolute Gasteiger partial charge is 0.335 e. The van der Waals surface area contributed by atoms with Gasteiger partial charge in [-0.15, -0.1) is 10.2 Å². The fourth-order valence-corrected chi connectivity index (χ4v) is 4.84. The molecule has 0 fully saturated rings. The highest BCUT2D eigenvalue weighted by atomic mass is 31.2. The predicted molar refractivity (Wildman–Crippen MR) is 119 cm³/mol. The maximum absolute atomic E-state index is 13.1. The number of anilines is 1. The number of rotatable bonds is 11. The minimum Gasteiger partial charge on any atom is -0.326 e. The molecule has 0 saturated heterocycles. The van der Waals surface area contributed by atoms with Crippen LogP contribution in [-0.4, -0.2) is 33.9 Å². The third kappa shape index (κ3) is 6.56. The van der Waals surface area contributed by atoms with Crippen molar-refractivity contribution in [3.63, 3.8) is 0 Å². The van der Waals surface area contributed by atoms with Gasteiger partial charge in [0.15, 0.2) is 0 Å². The van der Waals surface area contributed by atoms with Gasteiger partial charge in [-0.1, -0.05) is 12.1 Å². The van der Waals surface area contributed by atoms with Crippen molar-refractivity contribution >= 4 is 19.2 Å². The molecule has 0 bridgehead atoms. The Balaban J connectivity index is 1.55. The van der Waals surface area contributed by atoms with E-state index in [2.05, 4.69) is 15.5 Å². The van der Waals surface area contributed by atoms with Crippen LogP contribution in [0.15, 0.2) is 54.9 Å². The molecular weight excluding hydrogens is 434 g/mol. The van der Waals surface area contributed by atoms with Gasteiger partial charge in [-0.2, -0.15) is 0 Å². The van der Waals surface area contributed by atoms with Crippen molar-refractivity contribution in [3.8, 4) is 5.69 Å². The summed E-state index contributed by atoms with van der Waals surface area (Å²) in [5.41, 5.74) is 2.14. The van der Waals surface area contributed by atoms with Crippen LogP contribution >= 0.6 is 7.60 Å². The molecule has 32 heavy (non-hydrogen) atoms. The lowest BCUT2D eigenvalue weighted by atomic mass is 10.2. The molecule has 0 unspecified atom stereocenters. The number of hydrogen-bond acceptors (Lipinski definition) is 6. The number of aromatic nitrogens is 3. The molecule has 0 aliphatic carbocycles. The first-order chi connectivity index (χ1) is 15.4. The first-order valence-corrected chi connectivity index (χ1v) is 12.1. The van der Waals surface area contributed by atoms with Crippen LogP contribution in [0.4, 0.5) is 10.1 Å². The molecule has 0 spiro atoms. The zero-order chi connectivity index (χ0) is 23.0. The second-order valence-corrected chi connectivity index (χ2v) is 9.00. The minimum absolute atomic E-state index is 0.169. The third-order valence-electron chi connectivity index (χ3n) is 4.56. The molecule has 1 aromatic heterocycles. The Hall–Kier alpha value is -2.87. The first-order valence-electron chi connectivity index (χ1n) is 10.3. The van der Waals surface area contributed by atoms with E-state index in [1.807, 2.05) is 0 Å². The lowest BCUT2D eigenvalue weighted by Crippen LogP contribution is -2.13. The van der Waals surface area contributed by atoms with Gasteiger partial charge in [0, 0.05) is 24.2 Å². The van der Waals surface area contributed by atoms with Crippen LogP contribution in [0.2, 0.25) is 0 Å². The molecule has 0 saturated carbocycles. The molecule has 3 aromatic rings. The van der Waals surface area contributed by atoms with Crippen LogP contribution in [0.1, 0.15) is 31.7 Å². The molecule has 0 atom stereocenters. The third-order valence-corrected chi connectivity index (χ3v) is 6.62. The number of benzene rings is 2. The van der Waals surface area contributed by atoms with E-state index in [-0.39, 0.29) is 24.3 Å². The maximum atomic E-state index is 13.1. The summed E-state index contributed by atoms with van der Waals surface area (Å²) in [5.74, 6) is 0.0952. The summed E-state index contributed by atoms with van der Waals surface area (Å²) >= 11 is 0. The average molecular weight is 460 g/mol. The van der Waals surface area contributed by atoms with Gasteiger partial charge < -0.3 is 14.4 Å². The van der Waals surface area contributed by atoms with Crippen molar-refractivity contribution in [2.75, 3.05) is 18.5 Å². The number of nitrogens with one attached hydrogen (secondary N) is 1. The summed E-state index contributed by atoms with van der Waals surface area (Å²) in [6, 6.07) is 13.0. The number of hydrogen-bond donors (Lipinski definition) is 1. The van der Waals surface area contributed by atoms with Gasteiger partial charge >= 0.3 is 7.60 Å². The standard InChI is InChI=1S/C22H26FN4O4P/c1-3-30-32(29,31-4-2)15-17-5-9-19(10-6-17)25-22(28)14-13-21-26-24-16-27(21)20-11-7-18(23)8-12-20/h5-12,16H,3-4,13-15H2,1-2H3,(H,25,28). The fourth-order valence-electron chi connectivity index (χ4n) is 3.13. The Morgan fingerprint density at radius 1 is 1.06 bits per heavy atom. The van der Waals surface area contributed by atoms with Gasteiger partial charge in [-0.3, -0.25) is 13.9 Å². The van der Waals surface area contributed by atoms with E-state index in [1.54, 1.807) is 54.8 Å². The highest BCUT2D eigenvalue weighted by molar-refractivity contribution is 7.53. The Kier molecular flexibility index (Phi) is 8.27. The van der Waals surface area contributed by atoms with Gasteiger partial charge in [0.05, 0.1) is 19.4 Å². The van der Waals surface area contributed by atoms with E-state index >= 15 is 0 Å². The Labute approximate surface area is 186 Å². The number of nitrogens with zero attached hydrogens (tertiary/aromatic N) is 3. The van der Waals surface area contributed by atoms with Crippen molar-refractivity contribution < 1.29 is 22.8 Å². The SMILES string of the molecule is CCOP(=O)(Cc1ccc(NC(=O)CCc2nncn2-c2ccc(F)cc2)cc1)OCC. The lowest BCUT2D eigenvalue weighted by Gasteiger charge is -2.17. The van der Waals surface area contributed by atoms with Crippen LogP contribution in [-0.2, 0) is 31.0 Å². The van der Waals surface area contributed by atoms with Crippen LogP contribution in [0.25, 0.3) is 5.69 Å². The molecule has 2 aromatic carbocycles. The van der Waals surface area contributed by atoms with E-state index in [0.29, 0.717) is 31.1 Å². The van der Waals surface area contributed by atoms with E-state index in [9.17, 15) is 13.8 Å². The van der Waals surface area contributed by atoms with E-state index in [4.69, 9.17) is 9.05 Å². The summed E-state index contributed by atoms with van der Waals surface area (Å²) in [7, 11) is -3.18. The minimum atomic E-state index is -3.18. The quantitative estimate of drug-likeness (QED) is 0.415.